The van der Waals surface area contributed by atoms with Crippen LogP contribution in [0.5, 0.6) is 0 Å². The second-order valence-electron chi connectivity index (χ2n) is 2.83. The number of carbonyl (C=O) groups is 1. The van der Waals surface area contributed by atoms with Gasteiger partial charge in [-0.05, 0) is 6.92 Å². The number of hydrogen-bond donors (Lipinski definition) is 0. The number of rotatable bonds is 1. The third kappa shape index (κ3) is 1.22. The Kier molecular flexibility index (Phi) is 2.18. The van der Waals surface area contributed by atoms with Crippen molar-refractivity contribution in [2.75, 3.05) is 0 Å². The summed E-state index contributed by atoms with van der Waals surface area (Å²) in [5, 5.41) is 0. The van der Waals surface area contributed by atoms with Gasteiger partial charge in [0.2, 0.25) is 0 Å². The average Bonchev–Trinajstić information content (AvgIpc) is 2.13. The molecule has 0 saturated carbocycles. The normalized spacial score (nSPS) is 10.1. The number of carbonyl (C=O) groups excluding carboxylic acids is 1. The molecule has 70 valence electrons. The topological polar surface area (TPSA) is 61.1 Å². The lowest BCUT2D eigenvalue weighted by atomic mass is 10.2. The lowest BCUT2D eigenvalue weighted by molar-refractivity contribution is 0.111. The maximum atomic E-state index is 11.3. The van der Waals surface area contributed by atoms with Crippen LogP contribution in [0, 0.1) is 6.92 Å². The Bertz CT molecular complexity index is 430. The summed E-state index contributed by atoms with van der Waals surface area (Å²) in [6.07, 6.45) is 0.512. The molecular weight excluding hydrogens is 172 g/mol. The smallest absolute Gasteiger partial charge is 0.296 e. The van der Waals surface area contributed by atoms with Gasteiger partial charge in [-0.25, -0.2) is 4.79 Å². The van der Waals surface area contributed by atoms with Crippen LogP contribution in [0.1, 0.15) is 16.1 Å². The Hall–Kier alpha value is -1.65. The molecule has 5 heteroatoms. The van der Waals surface area contributed by atoms with Gasteiger partial charge in [0.25, 0.3) is 5.56 Å². The summed E-state index contributed by atoms with van der Waals surface area (Å²) in [5.74, 6) is 0. The van der Waals surface area contributed by atoms with Gasteiger partial charge in [0, 0.05) is 19.7 Å². The molecule has 1 rings (SSSR count). The van der Waals surface area contributed by atoms with Crippen molar-refractivity contribution in [2.24, 2.45) is 14.1 Å². The monoisotopic (exact) mass is 182 g/mol. The molecule has 0 amide bonds. The van der Waals surface area contributed by atoms with Gasteiger partial charge in [0.15, 0.2) is 6.29 Å². The van der Waals surface area contributed by atoms with Crippen molar-refractivity contribution < 1.29 is 4.79 Å². The lowest BCUT2D eigenvalue weighted by Gasteiger charge is -2.06. The molecule has 0 N–H and O–H groups in total. The molecule has 13 heavy (non-hydrogen) atoms. The second-order valence-corrected chi connectivity index (χ2v) is 2.83. The maximum absolute atomic E-state index is 11.3. The molecule has 0 fully saturated rings. The Morgan fingerprint density at radius 3 is 2.15 bits per heavy atom. The summed E-state index contributed by atoms with van der Waals surface area (Å²) in [7, 11) is 2.84. The summed E-state index contributed by atoms with van der Waals surface area (Å²) in [4.78, 5) is 33.2. The van der Waals surface area contributed by atoms with Crippen LogP contribution in [0.3, 0.4) is 0 Å². The van der Waals surface area contributed by atoms with Crippen LogP contribution in [0.15, 0.2) is 9.59 Å². The van der Waals surface area contributed by atoms with Gasteiger partial charge in [-0.1, -0.05) is 0 Å². The van der Waals surface area contributed by atoms with Crippen LogP contribution in [0.4, 0.5) is 0 Å². The maximum Gasteiger partial charge on any atom is 0.331 e. The quantitative estimate of drug-likeness (QED) is 0.534. The second kappa shape index (κ2) is 3.01. The van der Waals surface area contributed by atoms with E-state index in [0.29, 0.717) is 11.8 Å². The molecule has 5 nitrogen and oxygen atoms in total. The molecular formula is C8H10N2O3. The summed E-state index contributed by atoms with van der Waals surface area (Å²) >= 11 is 0. The van der Waals surface area contributed by atoms with Crippen LogP contribution in [-0.4, -0.2) is 15.4 Å². The summed E-state index contributed by atoms with van der Waals surface area (Å²) in [5.41, 5.74) is -0.490. The van der Waals surface area contributed by atoms with Crippen molar-refractivity contribution in [1.29, 1.82) is 0 Å². The Morgan fingerprint density at radius 1 is 1.15 bits per heavy atom. The molecule has 0 aliphatic carbocycles. The largest absolute Gasteiger partial charge is 0.331 e. The van der Waals surface area contributed by atoms with E-state index in [1.54, 1.807) is 0 Å². The summed E-state index contributed by atoms with van der Waals surface area (Å²) in [6.45, 7) is 1.52. The molecule has 0 saturated heterocycles. The molecule has 0 atom stereocenters. The first-order valence-corrected chi connectivity index (χ1v) is 3.72. The summed E-state index contributed by atoms with van der Waals surface area (Å²) < 4.78 is 2.13. The molecule has 1 aromatic rings. The molecule has 0 aliphatic heterocycles. The van der Waals surface area contributed by atoms with Crippen LogP contribution >= 0.6 is 0 Å². The third-order valence-electron chi connectivity index (χ3n) is 2.06. The molecule has 0 aliphatic rings. The van der Waals surface area contributed by atoms with E-state index in [1.165, 1.54) is 21.0 Å². The van der Waals surface area contributed by atoms with Crippen molar-refractivity contribution in [3.05, 3.63) is 32.1 Å². The van der Waals surface area contributed by atoms with Gasteiger partial charge in [-0.15, -0.1) is 0 Å². The highest BCUT2D eigenvalue weighted by Gasteiger charge is 2.09. The fraction of sp³-hybridized carbons (Fsp3) is 0.375. The molecule has 1 heterocycles. The van der Waals surface area contributed by atoms with Crippen molar-refractivity contribution >= 4 is 6.29 Å². The fourth-order valence-electron chi connectivity index (χ4n) is 1.20. The van der Waals surface area contributed by atoms with Gasteiger partial charge < -0.3 is 0 Å². The zero-order chi connectivity index (χ0) is 10.2. The van der Waals surface area contributed by atoms with E-state index in [2.05, 4.69) is 0 Å². The van der Waals surface area contributed by atoms with Crippen molar-refractivity contribution in [1.82, 2.24) is 9.13 Å². The van der Waals surface area contributed by atoms with Gasteiger partial charge in [-0.3, -0.25) is 18.7 Å². The van der Waals surface area contributed by atoms with Gasteiger partial charge in [0.05, 0.1) is 5.69 Å². The number of nitrogens with zero attached hydrogens (tertiary/aromatic N) is 2. The Labute approximate surface area is 74.2 Å². The van der Waals surface area contributed by atoms with E-state index in [9.17, 15) is 14.4 Å². The van der Waals surface area contributed by atoms with Crippen molar-refractivity contribution in [3.8, 4) is 0 Å². The first-order valence-electron chi connectivity index (χ1n) is 3.72. The number of hydrogen-bond acceptors (Lipinski definition) is 3. The minimum absolute atomic E-state index is 0.133. The average molecular weight is 182 g/mol. The van der Waals surface area contributed by atoms with Crippen LogP contribution in [-0.2, 0) is 14.1 Å². The van der Waals surface area contributed by atoms with Gasteiger partial charge in [0.1, 0.15) is 0 Å². The molecule has 0 bridgehead atoms. The van der Waals surface area contributed by atoms with E-state index in [4.69, 9.17) is 0 Å². The highest BCUT2D eigenvalue weighted by Crippen LogP contribution is 1.93. The summed E-state index contributed by atoms with van der Waals surface area (Å²) in [6, 6.07) is 0. The van der Waals surface area contributed by atoms with E-state index < -0.39 is 11.2 Å². The zero-order valence-corrected chi connectivity index (χ0v) is 7.70. The van der Waals surface area contributed by atoms with Crippen molar-refractivity contribution in [3.63, 3.8) is 0 Å². The fourth-order valence-corrected chi connectivity index (χ4v) is 1.20. The van der Waals surface area contributed by atoms with E-state index >= 15 is 0 Å². The zero-order valence-electron chi connectivity index (χ0n) is 7.70. The van der Waals surface area contributed by atoms with Crippen molar-refractivity contribution in [2.45, 2.75) is 6.92 Å². The van der Waals surface area contributed by atoms with Gasteiger partial charge >= 0.3 is 5.69 Å². The number of aromatic nitrogens is 2. The lowest BCUT2D eigenvalue weighted by Crippen LogP contribution is -2.40. The Balaban J connectivity index is 3.88. The number of aldehydes is 1. The highest BCUT2D eigenvalue weighted by atomic mass is 16.2. The standard InChI is InChI=1S/C8H10N2O3/c1-5-6(4-11)9(2)8(13)10(3)7(5)12/h4H,1-3H3. The highest BCUT2D eigenvalue weighted by molar-refractivity contribution is 5.74. The van der Waals surface area contributed by atoms with E-state index in [0.717, 1.165) is 9.13 Å². The third-order valence-corrected chi connectivity index (χ3v) is 2.06. The minimum atomic E-state index is -0.488. The van der Waals surface area contributed by atoms with Crippen LogP contribution in [0.25, 0.3) is 0 Å². The van der Waals surface area contributed by atoms with Gasteiger partial charge in [-0.2, -0.15) is 0 Å². The first kappa shape index (κ1) is 9.44. The molecule has 0 aromatic carbocycles. The van der Waals surface area contributed by atoms with E-state index in [1.807, 2.05) is 0 Å². The predicted octanol–water partition coefficient (Wildman–Crippen LogP) is -0.795. The molecule has 0 radical (unpaired) electrons. The molecule has 1 aromatic heterocycles. The predicted molar refractivity (Wildman–Crippen MR) is 47.0 cm³/mol. The van der Waals surface area contributed by atoms with E-state index in [-0.39, 0.29) is 5.69 Å². The van der Waals surface area contributed by atoms with Crippen LogP contribution in [0.2, 0.25) is 0 Å². The SMILES string of the molecule is Cc1c(C=O)n(C)c(=O)n(C)c1=O. The molecule has 0 spiro atoms. The minimum Gasteiger partial charge on any atom is -0.296 e. The molecule has 0 unspecified atom stereocenters. The first-order chi connectivity index (χ1) is 6.00. The van der Waals surface area contributed by atoms with Crippen LogP contribution < -0.4 is 11.2 Å². The Morgan fingerprint density at radius 2 is 1.69 bits per heavy atom.